The quantitative estimate of drug-likeness (QED) is 0.613. The van der Waals surface area contributed by atoms with Crippen LogP contribution in [-0.4, -0.2) is 36.2 Å². The monoisotopic (exact) mass is 383 g/mol. The molecule has 0 aliphatic carbocycles. The SMILES string of the molecule is Fc1ccc(N2CCN(C(=S)Nc3ccccc3C(F)(F)F)CC2)cc1. The van der Waals surface area contributed by atoms with E-state index in [0.29, 0.717) is 26.2 Å². The van der Waals surface area contributed by atoms with E-state index in [1.165, 1.54) is 30.3 Å². The highest BCUT2D eigenvalue weighted by Gasteiger charge is 2.33. The molecular formula is C18H17F4N3S. The summed E-state index contributed by atoms with van der Waals surface area (Å²) >= 11 is 5.29. The zero-order valence-corrected chi connectivity index (χ0v) is 14.6. The molecular weight excluding hydrogens is 366 g/mol. The molecule has 2 aromatic carbocycles. The Morgan fingerprint density at radius 2 is 1.54 bits per heavy atom. The Bertz CT molecular complexity index is 769. The van der Waals surface area contributed by atoms with Gasteiger partial charge in [-0.1, -0.05) is 12.1 Å². The third kappa shape index (κ3) is 4.24. The zero-order valence-electron chi connectivity index (χ0n) is 13.8. The zero-order chi connectivity index (χ0) is 18.7. The van der Waals surface area contributed by atoms with E-state index in [2.05, 4.69) is 10.2 Å². The van der Waals surface area contributed by atoms with E-state index in [4.69, 9.17) is 12.2 Å². The van der Waals surface area contributed by atoms with Crippen molar-refractivity contribution in [2.24, 2.45) is 0 Å². The molecule has 0 saturated carbocycles. The summed E-state index contributed by atoms with van der Waals surface area (Å²) in [4.78, 5) is 3.92. The molecule has 1 aliphatic rings. The molecule has 2 aromatic rings. The molecule has 26 heavy (non-hydrogen) atoms. The molecule has 0 bridgehead atoms. The molecule has 1 heterocycles. The van der Waals surface area contributed by atoms with Crippen molar-refractivity contribution in [2.45, 2.75) is 6.18 Å². The Hall–Kier alpha value is -2.35. The second kappa shape index (κ2) is 7.49. The first-order valence-corrected chi connectivity index (χ1v) is 8.48. The van der Waals surface area contributed by atoms with Crippen LogP contribution in [0.4, 0.5) is 28.9 Å². The lowest BCUT2D eigenvalue weighted by Gasteiger charge is -2.37. The molecule has 0 atom stereocenters. The molecule has 8 heteroatoms. The average Bonchev–Trinajstić information content (AvgIpc) is 2.62. The number of thiocarbonyl (C=S) groups is 1. The van der Waals surface area contributed by atoms with Crippen LogP contribution in [0.5, 0.6) is 0 Å². The normalized spacial score (nSPS) is 15.1. The molecule has 1 fully saturated rings. The van der Waals surface area contributed by atoms with E-state index in [-0.39, 0.29) is 16.6 Å². The lowest BCUT2D eigenvalue weighted by molar-refractivity contribution is -0.136. The molecule has 0 aromatic heterocycles. The van der Waals surface area contributed by atoms with Gasteiger partial charge in [-0.3, -0.25) is 0 Å². The van der Waals surface area contributed by atoms with Crippen molar-refractivity contribution in [3.63, 3.8) is 0 Å². The number of hydrogen-bond acceptors (Lipinski definition) is 2. The van der Waals surface area contributed by atoms with Crippen LogP contribution in [0.1, 0.15) is 5.56 Å². The van der Waals surface area contributed by atoms with Gasteiger partial charge in [0.25, 0.3) is 0 Å². The van der Waals surface area contributed by atoms with E-state index in [9.17, 15) is 17.6 Å². The summed E-state index contributed by atoms with van der Waals surface area (Å²) in [6.07, 6.45) is -4.44. The summed E-state index contributed by atoms with van der Waals surface area (Å²) in [7, 11) is 0. The molecule has 1 saturated heterocycles. The number of nitrogens with one attached hydrogen (secondary N) is 1. The smallest absolute Gasteiger partial charge is 0.368 e. The number of halogens is 4. The first-order valence-electron chi connectivity index (χ1n) is 8.07. The van der Waals surface area contributed by atoms with E-state index < -0.39 is 11.7 Å². The summed E-state index contributed by atoms with van der Waals surface area (Å²) in [5.41, 5.74) is 0.116. The second-order valence-electron chi connectivity index (χ2n) is 5.92. The van der Waals surface area contributed by atoms with Crippen LogP contribution < -0.4 is 10.2 Å². The minimum atomic E-state index is -4.44. The van der Waals surface area contributed by atoms with Crippen molar-refractivity contribution in [3.05, 3.63) is 59.9 Å². The van der Waals surface area contributed by atoms with Crippen molar-refractivity contribution >= 4 is 28.7 Å². The van der Waals surface area contributed by atoms with Gasteiger partial charge < -0.3 is 15.1 Å². The van der Waals surface area contributed by atoms with E-state index in [1.807, 2.05) is 4.90 Å². The van der Waals surface area contributed by atoms with Crippen molar-refractivity contribution in [1.29, 1.82) is 0 Å². The number of rotatable bonds is 2. The molecule has 138 valence electrons. The van der Waals surface area contributed by atoms with E-state index in [0.717, 1.165) is 11.8 Å². The first-order chi connectivity index (χ1) is 12.3. The van der Waals surface area contributed by atoms with Gasteiger partial charge in [0.2, 0.25) is 0 Å². The molecule has 0 spiro atoms. The maximum absolute atomic E-state index is 13.1. The molecule has 1 N–H and O–H groups in total. The summed E-state index contributed by atoms with van der Waals surface area (Å²) in [6.45, 7) is 2.43. The lowest BCUT2D eigenvalue weighted by atomic mass is 10.1. The highest BCUT2D eigenvalue weighted by molar-refractivity contribution is 7.80. The van der Waals surface area contributed by atoms with Gasteiger partial charge in [0, 0.05) is 31.9 Å². The van der Waals surface area contributed by atoms with Gasteiger partial charge in [-0.25, -0.2) is 4.39 Å². The maximum atomic E-state index is 13.1. The molecule has 0 unspecified atom stereocenters. The maximum Gasteiger partial charge on any atom is 0.418 e. The Morgan fingerprint density at radius 3 is 2.15 bits per heavy atom. The minimum Gasteiger partial charge on any atom is -0.368 e. The fraction of sp³-hybridized carbons (Fsp3) is 0.278. The fourth-order valence-electron chi connectivity index (χ4n) is 2.85. The van der Waals surface area contributed by atoms with Crippen LogP contribution in [0.15, 0.2) is 48.5 Å². The van der Waals surface area contributed by atoms with Gasteiger partial charge in [0.05, 0.1) is 11.3 Å². The fourth-order valence-corrected chi connectivity index (χ4v) is 3.15. The summed E-state index contributed by atoms with van der Waals surface area (Å²) in [5.74, 6) is -0.291. The Labute approximate surface area is 154 Å². The van der Waals surface area contributed by atoms with Gasteiger partial charge in [-0.05, 0) is 48.6 Å². The third-order valence-electron chi connectivity index (χ3n) is 4.23. The Kier molecular flexibility index (Phi) is 5.31. The van der Waals surface area contributed by atoms with Crippen LogP contribution in [0.2, 0.25) is 0 Å². The van der Waals surface area contributed by atoms with Gasteiger partial charge in [-0.2, -0.15) is 13.2 Å². The van der Waals surface area contributed by atoms with E-state index >= 15 is 0 Å². The summed E-state index contributed by atoms with van der Waals surface area (Å²) in [5, 5.41) is 2.98. The topological polar surface area (TPSA) is 18.5 Å². The number of piperazine rings is 1. The van der Waals surface area contributed by atoms with Crippen LogP contribution in [0.25, 0.3) is 0 Å². The number of nitrogens with zero attached hydrogens (tertiary/aromatic N) is 2. The van der Waals surface area contributed by atoms with Crippen LogP contribution in [0.3, 0.4) is 0 Å². The molecule has 3 nitrogen and oxygen atoms in total. The molecule has 1 aliphatic heterocycles. The van der Waals surface area contributed by atoms with Crippen molar-refractivity contribution in [3.8, 4) is 0 Å². The van der Waals surface area contributed by atoms with Crippen molar-refractivity contribution in [2.75, 3.05) is 36.4 Å². The second-order valence-corrected chi connectivity index (χ2v) is 6.31. The summed E-state index contributed by atoms with van der Waals surface area (Å²) in [6, 6.07) is 11.5. The number of anilines is 2. The average molecular weight is 383 g/mol. The lowest BCUT2D eigenvalue weighted by Crippen LogP contribution is -2.50. The number of hydrogen-bond donors (Lipinski definition) is 1. The van der Waals surface area contributed by atoms with Crippen LogP contribution in [-0.2, 0) is 6.18 Å². The van der Waals surface area contributed by atoms with Gasteiger partial charge in [0.1, 0.15) is 5.82 Å². The van der Waals surface area contributed by atoms with E-state index in [1.54, 1.807) is 12.1 Å². The third-order valence-corrected chi connectivity index (χ3v) is 4.59. The Balaban J connectivity index is 1.62. The van der Waals surface area contributed by atoms with Crippen molar-refractivity contribution in [1.82, 2.24) is 4.90 Å². The van der Waals surface area contributed by atoms with Gasteiger partial charge >= 0.3 is 6.18 Å². The van der Waals surface area contributed by atoms with Crippen molar-refractivity contribution < 1.29 is 17.6 Å². The van der Waals surface area contributed by atoms with Crippen LogP contribution in [0, 0.1) is 5.82 Å². The number of benzene rings is 2. The molecule has 3 rings (SSSR count). The predicted octanol–water partition coefficient (Wildman–Crippen LogP) is 4.36. The van der Waals surface area contributed by atoms with Gasteiger partial charge in [0.15, 0.2) is 5.11 Å². The van der Waals surface area contributed by atoms with Gasteiger partial charge in [-0.15, -0.1) is 0 Å². The number of alkyl halides is 3. The highest BCUT2D eigenvalue weighted by atomic mass is 32.1. The minimum absolute atomic E-state index is 0.0500. The first kappa shape index (κ1) is 18.4. The predicted molar refractivity (Wildman–Crippen MR) is 97.9 cm³/mol. The molecule has 0 radical (unpaired) electrons. The molecule has 0 amide bonds. The van der Waals surface area contributed by atoms with Crippen LogP contribution >= 0.6 is 12.2 Å². The highest BCUT2D eigenvalue weighted by Crippen LogP contribution is 2.34. The summed E-state index contributed by atoms with van der Waals surface area (Å²) < 4.78 is 52.2. The Morgan fingerprint density at radius 1 is 0.923 bits per heavy atom. The standard InChI is InChI=1S/C18H17F4N3S/c19-13-5-7-14(8-6-13)24-9-11-25(12-10-24)17(26)23-16-4-2-1-3-15(16)18(20,21)22/h1-8H,9-12H2,(H,23,26). The largest absolute Gasteiger partial charge is 0.418 e. The number of para-hydroxylation sites is 1.